The first-order chi connectivity index (χ1) is 33.7. The lowest BCUT2D eigenvalue weighted by molar-refractivity contribution is 1.07. The normalized spacial score (nSPS) is 11.8. The van der Waals surface area contributed by atoms with Gasteiger partial charge in [-0.2, -0.15) is 0 Å². The van der Waals surface area contributed by atoms with E-state index >= 15 is 0 Å². The van der Waals surface area contributed by atoms with Crippen molar-refractivity contribution in [1.29, 1.82) is 0 Å². The summed E-state index contributed by atoms with van der Waals surface area (Å²) < 4.78 is 4.89. The number of para-hydroxylation sites is 2. The molecule has 0 aliphatic carbocycles. The van der Waals surface area contributed by atoms with Gasteiger partial charge in [-0.1, -0.05) is 188 Å². The molecule has 5 heteroatoms. The van der Waals surface area contributed by atoms with E-state index in [1.54, 1.807) is 0 Å². The van der Waals surface area contributed by atoms with E-state index < -0.39 is 0 Å². The molecule has 0 atom stereocenters. The number of hydrogen-bond acceptors (Lipinski definition) is 4. The molecule has 68 heavy (non-hydrogen) atoms. The summed E-state index contributed by atoms with van der Waals surface area (Å²) in [4.78, 5) is 15.9. The van der Waals surface area contributed by atoms with Gasteiger partial charge < -0.3 is 4.57 Å². The van der Waals surface area contributed by atoms with Crippen LogP contribution in [0.15, 0.2) is 231 Å². The van der Waals surface area contributed by atoms with Crippen LogP contribution in [-0.2, 0) is 0 Å². The van der Waals surface area contributed by atoms with Crippen LogP contribution in [0, 0.1) is 0 Å². The number of rotatable bonds is 6. The van der Waals surface area contributed by atoms with Gasteiger partial charge in [0, 0.05) is 58.9 Å². The maximum absolute atomic E-state index is 5.40. The Morgan fingerprint density at radius 2 is 0.750 bits per heavy atom. The summed E-state index contributed by atoms with van der Waals surface area (Å²) in [6, 6.07) is 83.0. The second kappa shape index (κ2) is 15.4. The van der Waals surface area contributed by atoms with Crippen molar-refractivity contribution < 1.29 is 0 Å². The fourth-order valence-corrected chi connectivity index (χ4v) is 11.7. The highest BCUT2D eigenvalue weighted by molar-refractivity contribution is 7.26. The first-order valence-electron chi connectivity index (χ1n) is 23.0. The van der Waals surface area contributed by atoms with Gasteiger partial charge in [0.25, 0.3) is 0 Å². The molecule has 0 fully saturated rings. The second-order valence-corrected chi connectivity index (χ2v) is 18.5. The van der Waals surface area contributed by atoms with Crippen LogP contribution in [0.4, 0.5) is 0 Å². The highest BCUT2D eigenvalue weighted by Gasteiger charge is 2.22. The Kier molecular flexibility index (Phi) is 8.73. The fourth-order valence-electron chi connectivity index (χ4n) is 10.5. The minimum Gasteiger partial charge on any atom is -0.309 e. The van der Waals surface area contributed by atoms with E-state index in [4.69, 9.17) is 15.0 Å². The molecule has 14 rings (SSSR count). The van der Waals surface area contributed by atoms with Gasteiger partial charge in [0.05, 0.1) is 11.0 Å². The number of fused-ring (bicyclic) bond motifs is 12. The summed E-state index contributed by atoms with van der Waals surface area (Å²) in [5.41, 5.74) is 10.6. The molecule has 0 unspecified atom stereocenters. The van der Waals surface area contributed by atoms with Gasteiger partial charge in [0.1, 0.15) is 0 Å². The smallest absolute Gasteiger partial charge is 0.164 e. The molecule has 0 saturated carbocycles. The van der Waals surface area contributed by atoms with Gasteiger partial charge in [0.15, 0.2) is 17.5 Å². The fraction of sp³-hybridized carbons (Fsp3) is 0. The van der Waals surface area contributed by atoms with E-state index in [-0.39, 0.29) is 0 Å². The zero-order valence-corrected chi connectivity index (χ0v) is 37.5. The molecule has 0 aliphatic heterocycles. The number of aromatic nitrogens is 4. The quantitative estimate of drug-likeness (QED) is 0.156. The van der Waals surface area contributed by atoms with Gasteiger partial charge in [-0.25, -0.2) is 15.0 Å². The third kappa shape index (κ3) is 6.10. The molecule has 0 saturated heterocycles. The average Bonchev–Trinajstić information content (AvgIpc) is 3.97. The van der Waals surface area contributed by atoms with Crippen LogP contribution in [-0.4, -0.2) is 19.5 Å². The van der Waals surface area contributed by atoms with Gasteiger partial charge in [-0.3, -0.25) is 0 Å². The van der Waals surface area contributed by atoms with E-state index in [0.717, 1.165) is 44.6 Å². The van der Waals surface area contributed by atoms with Gasteiger partial charge >= 0.3 is 0 Å². The zero-order valence-electron chi connectivity index (χ0n) is 36.6. The molecule has 0 N–H and O–H groups in total. The Bertz CT molecular complexity index is 4180. The molecule has 3 heterocycles. The molecule has 0 radical (unpaired) electrons. The highest BCUT2D eigenvalue weighted by Crippen LogP contribution is 2.47. The van der Waals surface area contributed by atoms with E-state index in [2.05, 4.69) is 199 Å². The van der Waals surface area contributed by atoms with Gasteiger partial charge in [-0.05, 0) is 91.5 Å². The SMILES string of the molecule is c1ccc(-c2nc(-c3ccccc3)nc(-c3cc(-c4ccc5c6ccccc6c6ccccc6c5c4)ccc3-c3cc(-n4c5ccccc5c5ccccc54)cc4c3sc3ccccc34)n2)cc1. The first kappa shape index (κ1) is 38.5. The van der Waals surface area contributed by atoms with E-state index in [1.165, 1.54) is 74.3 Å². The van der Waals surface area contributed by atoms with Crippen LogP contribution in [0.5, 0.6) is 0 Å². The Morgan fingerprint density at radius 3 is 1.37 bits per heavy atom. The zero-order chi connectivity index (χ0) is 44.7. The number of benzene rings is 11. The van der Waals surface area contributed by atoms with Crippen LogP contribution in [0.2, 0.25) is 0 Å². The topological polar surface area (TPSA) is 43.6 Å². The van der Waals surface area contributed by atoms with Crippen molar-refractivity contribution >= 4 is 85.6 Å². The number of thiophene rings is 1. The Hall–Kier alpha value is -8.77. The summed E-state index contributed by atoms with van der Waals surface area (Å²) in [5.74, 6) is 1.87. The standard InChI is InChI=1S/C63H38N4S/c1-3-17-39(18-4-1)61-64-62(40-19-5-2-6-20-40)66-63(65-61)56-36-42(41-31-33-48-46-23-8-7-21-44(46)45-22-9-10-24-47(45)53(48)35-41)32-34-49(56)54-37-43(38-55-52-27-13-16-30-59(52)68-60(54)55)67-57-28-14-11-25-50(57)51-26-12-15-29-58(51)67/h1-38H. The van der Waals surface area contributed by atoms with Crippen molar-refractivity contribution in [2.75, 3.05) is 0 Å². The van der Waals surface area contributed by atoms with E-state index in [9.17, 15) is 0 Å². The summed E-state index contributed by atoms with van der Waals surface area (Å²) in [7, 11) is 0. The van der Waals surface area contributed by atoms with E-state index in [1.807, 2.05) is 47.7 Å². The van der Waals surface area contributed by atoms with E-state index in [0.29, 0.717) is 17.5 Å². The van der Waals surface area contributed by atoms with Gasteiger partial charge in [0.2, 0.25) is 0 Å². The molecule has 316 valence electrons. The van der Waals surface area contributed by atoms with Crippen LogP contribution in [0.1, 0.15) is 0 Å². The minimum absolute atomic E-state index is 0.614. The molecule has 0 aliphatic rings. The molecule has 4 nitrogen and oxygen atoms in total. The maximum Gasteiger partial charge on any atom is 0.164 e. The van der Waals surface area contributed by atoms with Crippen molar-refractivity contribution in [2.45, 2.75) is 0 Å². The van der Waals surface area contributed by atoms with Crippen molar-refractivity contribution in [2.24, 2.45) is 0 Å². The number of hydrogen-bond donors (Lipinski definition) is 0. The molecule has 0 bridgehead atoms. The predicted molar refractivity (Wildman–Crippen MR) is 287 cm³/mol. The maximum atomic E-state index is 5.40. The van der Waals surface area contributed by atoms with Crippen molar-refractivity contribution in [3.05, 3.63) is 231 Å². The lowest BCUT2D eigenvalue weighted by atomic mass is 9.90. The summed E-state index contributed by atoms with van der Waals surface area (Å²) in [6.45, 7) is 0. The number of nitrogens with zero attached hydrogens (tertiary/aromatic N) is 4. The molecule has 11 aromatic carbocycles. The molecule has 0 spiro atoms. The molecular weight excluding hydrogens is 845 g/mol. The Labute approximate surface area is 395 Å². The van der Waals surface area contributed by atoms with Gasteiger partial charge in [-0.15, -0.1) is 11.3 Å². The lowest BCUT2D eigenvalue weighted by Gasteiger charge is -2.17. The third-order valence-corrected chi connectivity index (χ3v) is 14.8. The van der Waals surface area contributed by atoms with Crippen LogP contribution >= 0.6 is 11.3 Å². The lowest BCUT2D eigenvalue weighted by Crippen LogP contribution is -2.02. The summed E-state index contributed by atoms with van der Waals surface area (Å²) in [5, 5.41) is 12.4. The summed E-state index contributed by atoms with van der Waals surface area (Å²) >= 11 is 1.84. The first-order valence-corrected chi connectivity index (χ1v) is 23.8. The highest BCUT2D eigenvalue weighted by atomic mass is 32.1. The molecule has 3 aromatic heterocycles. The third-order valence-electron chi connectivity index (χ3n) is 13.6. The van der Waals surface area contributed by atoms with Crippen molar-refractivity contribution in [1.82, 2.24) is 19.5 Å². The average molecular weight is 883 g/mol. The predicted octanol–water partition coefficient (Wildman–Crippen LogP) is 17.1. The van der Waals surface area contributed by atoms with Crippen LogP contribution < -0.4 is 0 Å². The molecule has 0 amide bonds. The monoisotopic (exact) mass is 882 g/mol. The molecular formula is C63H38N4S. The Balaban J connectivity index is 1.08. The summed E-state index contributed by atoms with van der Waals surface area (Å²) in [6.07, 6.45) is 0. The van der Waals surface area contributed by atoms with Crippen LogP contribution in [0.25, 0.3) is 136 Å². The Morgan fingerprint density at radius 1 is 0.279 bits per heavy atom. The van der Waals surface area contributed by atoms with Crippen molar-refractivity contribution in [3.8, 4) is 62.1 Å². The second-order valence-electron chi connectivity index (χ2n) is 17.5. The molecule has 14 aromatic rings. The largest absolute Gasteiger partial charge is 0.309 e. The van der Waals surface area contributed by atoms with Crippen molar-refractivity contribution in [3.63, 3.8) is 0 Å². The van der Waals surface area contributed by atoms with Crippen LogP contribution in [0.3, 0.4) is 0 Å². The minimum atomic E-state index is 0.614.